The van der Waals surface area contributed by atoms with Crippen molar-refractivity contribution in [1.82, 2.24) is 0 Å². The molecule has 0 rings (SSSR count). The fraction of sp³-hybridized carbons (Fsp3) is 0.660. The lowest BCUT2D eigenvalue weighted by molar-refractivity contribution is -0.161. The van der Waals surface area contributed by atoms with Gasteiger partial charge in [-0.1, -0.05) is 207 Å². The Balaban J connectivity index is 3.62. The first-order chi connectivity index (χ1) is 28.6. The summed E-state index contributed by atoms with van der Waals surface area (Å²) in [6.07, 6.45) is 67.9. The molecule has 1 unspecified atom stereocenters. The third-order valence-electron chi connectivity index (χ3n) is 9.88. The highest BCUT2D eigenvalue weighted by Gasteiger charge is 2.15. The number of esters is 2. The largest absolute Gasteiger partial charge is 0.462 e. The van der Waals surface area contributed by atoms with Crippen LogP contribution in [0.15, 0.2) is 97.2 Å². The second-order valence-electron chi connectivity index (χ2n) is 15.4. The van der Waals surface area contributed by atoms with Crippen molar-refractivity contribution in [2.45, 2.75) is 213 Å². The Kier molecular flexibility index (Phi) is 45.5. The minimum atomic E-state index is -0.818. The van der Waals surface area contributed by atoms with Gasteiger partial charge in [0.2, 0.25) is 0 Å². The average Bonchev–Trinajstić information content (AvgIpc) is 3.23. The number of hydrogen-bond acceptors (Lipinski definition) is 5. The summed E-state index contributed by atoms with van der Waals surface area (Å²) >= 11 is 0. The van der Waals surface area contributed by atoms with Gasteiger partial charge in [-0.05, 0) is 83.5 Å². The molecule has 0 aliphatic rings. The van der Waals surface area contributed by atoms with Gasteiger partial charge in [0.05, 0.1) is 6.61 Å². The zero-order valence-electron chi connectivity index (χ0n) is 37.5. The molecule has 0 saturated heterocycles. The maximum atomic E-state index is 12.2. The van der Waals surface area contributed by atoms with Gasteiger partial charge >= 0.3 is 11.9 Å². The standard InChI is InChI=1S/C53H88O5/c1-3-5-7-9-11-13-15-17-19-21-23-24-25-26-27-28-30-31-33-35-37-39-41-43-45-47-52(55)57-50-51(49-54)58-53(56)48-46-44-42-40-38-36-34-32-29-22-20-18-16-14-12-10-8-6-4-2/h6,8,12,14-15,17-18,20-21,23,29,32,36,38,42,44,51,54H,3-5,7,9-11,13,16,19,22,24-28,30-31,33-35,37,39-41,43,45-50H2,1-2H3/b8-6-,14-12-,17-15-,20-18-,23-21-,32-29-,38-36-,44-42-. The van der Waals surface area contributed by atoms with Gasteiger partial charge in [-0.3, -0.25) is 9.59 Å². The fourth-order valence-electron chi connectivity index (χ4n) is 6.32. The Hall–Kier alpha value is -3.18. The minimum absolute atomic E-state index is 0.101. The van der Waals surface area contributed by atoms with Crippen LogP contribution in [0.4, 0.5) is 0 Å². The smallest absolute Gasteiger partial charge is 0.306 e. The summed E-state index contributed by atoms with van der Waals surface area (Å²) in [5.41, 5.74) is 0. The lowest BCUT2D eigenvalue weighted by Crippen LogP contribution is -2.28. The van der Waals surface area contributed by atoms with Crippen molar-refractivity contribution in [3.8, 4) is 0 Å². The number of carbonyl (C=O) groups is 2. The highest BCUT2D eigenvalue weighted by Crippen LogP contribution is 2.14. The molecule has 0 aliphatic heterocycles. The molecule has 0 heterocycles. The van der Waals surface area contributed by atoms with Gasteiger partial charge in [-0.15, -0.1) is 0 Å². The molecule has 0 bridgehead atoms. The normalized spacial score (nSPS) is 13.1. The SMILES string of the molecule is CC/C=C\C/C=C\C/C=C\C/C=C\C/C=C\C/C=C\CCC(=O)OC(CO)COC(=O)CCCCCCCCCCCCCCC/C=C\C/C=C\CCCCCCC. The molecule has 1 N–H and O–H groups in total. The molecule has 58 heavy (non-hydrogen) atoms. The van der Waals surface area contributed by atoms with E-state index >= 15 is 0 Å². The monoisotopic (exact) mass is 805 g/mol. The average molecular weight is 805 g/mol. The Morgan fingerprint density at radius 2 is 0.776 bits per heavy atom. The molecular weight excluding hydrogens is 717 g/mol. The summed E-state index contributed by atoms with van der Waals surface area (Å²) < 4.78 is 10.6. The predicted molar refractivity (Wildman–Crippen MR) is 251 cm³/mol. The number of aliphatic hydroxyl groups is 1. The Labute approximate surface area is 358 Å². The number of carbonyl (C=O) groups excluding carboxylic acids is 2. The van der Waals surface area contributed by atoms with Crippen LogP contribution in [0, 0.1) is 0 Å². The van der Waals surface area contributed by atoms with Gasteiger partial charge in [-0.25, -0.2) is 0 Å². The van der Waals surface area contributed by atoms with Crippen molar-refractivity contribution in [2.24, 2.45) is 0 Å². The van der Waals surface area contributed by atoms with Crippen LogP contribution in [-0.4, -0.2) is 36.4 Å². The summed E-state index contributed by atoms with van der Waals surface area (Å²) in [4.78, 5) is 24.4. The van der Waals surface area contributed by atoms with Gasteiger partial charge in [0, 0.05) is 12.8 Å². The van der Waals surface area contributed by atoms with Crippen molar-refractivity contribution in [2.75, 3.05) is 13.2 Å². The molecule has 0 aliphatic carbocycles. The third kappa shape index (κ3) is 45.5. The molecule has 0 aromatic rings. The van der Waals surface area contributed by atoms with Gasteiger partial charge in [-0.2, -0.15) is 0 Å². The van der Waals surface area contributed by atoms with Crippen molar-refractivity contribution in [3.63, 3.8) is 0 Å². The van der Waals surface area contributed by atoms with Crippen LogP contribution in [0.1, 0.15) is 206 Å². The second-order valence-corrected chi connectivity index (χ2v) is 15.4. The molecule has 5 heteroatoms. The molecule has 0 aromatic heterocycles. The van der Waals surface area contributed by atoms with Crippen LogP contribution in [-0.2, 0) is 19.1 Å². The molecule has 0 spiro atoms. The summed E-state index contributed by atoms with van der Waals surface area (Å²) in [6, 6.07) is 0. The lowest BCUT2D eigenvalue weighted by atomic mass is 10.0. The highest BCUT2D eigenvalue weighted by atomic mass is 16.6. The van der Waals surface area contributed by atoms with E-state index in [0.29, 0.717) is 12.8 Å². The van der Waals surface area contributed by atoms with E-state index in [1.165, 1.54) is 109 Å². The summed E-state index contributed by atoms with van der Waals surface area (Å²) in [7, 11) is 0. The quantitative estimate of drug-likeness (QED) is 0.0378. The van der Waals surface area contributed by atoms with E-state index in [1.54, 1.807) is 0 Å². The molecule has 0 amide bonds. The van der Waals surface area contributed by atoms with E-state index in [1.807, 2.05) is 12.2 Å². The molecule has 1 atom stereocenters. The zero-order valence-corrected chi connectivity index (χ0v) is 37.5. The van der Waals surface area contributed by atoms with E-state index in [2.05, 4.69) is 98.9 Å². The first-order valence-electron chi connectivity index (χ1n) is 23.8. The van der Waals surface area contributed by atoms with Crippen molar-refractivity contribution < 1.29 is 24.2 Å². The van der Waals surface area contributed by atoms with Crippen LogP contribution < -0.4 is 0 Å². The maximum Gasteiger partial charge on any atom is 0.306 e. The number of unbranched alkanes of at least 4 members (excludes halogenated alkanes) is 18. The van der Waals surface area contributed by atoms with Gasteiger partial charge in [0.15, 0.2) is 6.10 Å². The van der Waals surface area contributed by atoms with E-state index in [-0.39, 0.29) is 25.6 Å². The van der Waals surface area contributed by atoms with Crippen LogP contribution in [0.25, 0.3) is 0 Å². The Morgan fingerprint density at radius 3 is 1.19 bits per heavy atom. The minimum Gasteiger partial charge on any atom is -0.462 e. The lowest BCUT2D eigenvalue weighted by Gasteiger charge is -2.15. The van der Waals surface area contributed by atoms with Gasteiger partial charge < -0.3 is 14.6 Å². The summed E-state index contributed by atoms with van der Waals surface area (Å²) in [5.74, 6) is -0.693. The number of aliphatic hydroxyl groups excluding tert-OH is 1. The molecule has 0 fully saturated rings. The molecule has 0 aromatic carbocycles. The number of allylic oxidation sites excluding steroid dienone is 16. The molecule has 5 nitrogen and oxygen atoms in total. The van der Waals surface area contributed by atoms with Crippen molar-refractivity contribution in [1.29, 1.82) is 0 Å². The van der Waals surface area contributed by atoms with Crippen molar-refractivity contribution in [3.05, 3.63) is 97.2 Å². The van der Waals surface area contributed by atoms with Gasteiger partial charge in [0.1, 0.15) is 6.61 Å². The van der Waals surface area contributed by atoms with Crippen LogP contribution >= 0.6 is 0 Å². The first kappa shape index (κ1) is 54.8. The Bertz CT molecular complexity index is 1140. The number of hydrogen-bond donors (Lipinski definition) is 1. The second kappa shape index (κ2) is 48.2. The predicted octanol–water partition coefficient (Wildman–Crippen LogP) is 15.6. The highest BCUT2D eigenvalue weighted by molar-refractivity contribution is 5.70. The third-order valence-corrected chi connectivity index (χ3v) is 9.88. The van der Waals surface area contributed by atoms with Crippen LogP contribution in [0.3, 0.4) is 0 Å². The van der Waals surface area contributed by atoms with E-state index in [9.17, 15) is 14.7 Å². The van der Waals surface area contributed by atoms with Crippen LogP contribution in [0.2, 0.25) is 0 Å². The summed E-state index contributed by atoms with van der Waals surface area (Å²) in [6.45, 7) is 3.95. The molecule has 330 valence electrons. The fourth-order valence-corrected chi connectivity index (χ4v) is 6.32. The van der Waals surface area contributed by atoms with Crippen molar-refractivity contribution >= 4 is 11.9 Å². The van der Waals surface area contributed by atoms with E-state index in [0.717, 1.165) is 64.2 Å². The molecule has 0 radical (unpaired) electrons. The van der Waals surface area contributed by atoms with E-state index < -0.39 is 12.1 Å². The van der Waals surface area contributed by atoms with Gasteiger partial charge in [0.25, 0.3) is 0 Å². The molecular formula is C53H88O5. The van der Waals surface area contributed by atoms with E-state index in [4.69, 9.17) is 9.47 Å². The number of rotatable bonds is 42. The zero-order chi connectivity index (χ0) is 42.1. The topological polar surface area (TPSA) is 72.8 Å². The Morgan fingerprint density at radius 1 is 0.414 bits per heavy atom. The number of ether oxygens (including phenoxy) is 2. The first-order valence-corrected chi connectivity index (χ1v) is 23.8. The van der Waals surface area contributed by atoms with Crippen LogP contribution in [0.5, 0.6) is 0 Å². The maximum absolute atomic E-state index is 12.2. The molecule has 0 saturated carbocycles. The summed E-state index contributed by atoms with van der Waals surface area (Å²) in [5, 5.41) is 9.59.